The van der Waals surface area contributed by atoms with E-state index in [1.54, 1.807) is 22.7 Å². The zero-order valence-corrected chi connectivity index (χ0v) is 18.4. The Kier molecular flexibility index (Phi) is 4.89. The molecule has 0 N–H and O–H groups in total. The van der Waals surface area contributed by atoms with Crippen molar-refractivity contribution in [2.45, 2.75) is 13.8 Å². The number of hydrogen-bond donors (Lipinski definition) is 0. The summed E-state index contributed by atoms with van der Waals surface area (Å²) in [5.41, 5.74) is 2.09. The zero-order chi connectivity index (χ0) is 20.5. The van der Waals surface area contributed by atoms with E-state index < -0.39 is 0 Å². The minimum Gasteiger partial charge on any atom is -0.132 e. The highest BCUT2D eigenvalue weighted by atomic mass is 32.1. The van der Waals surface area contributed by atoms with E-state index >= 15 is 0 Å². The maximum absolute atomic E-state index is 3.30. The maximum Gasteiger partial charge on any atom is 0.0775 e. The Labute approximate surface area is 184 Å². The van der Waals surface area contributed by atoms with Crippen LogP contribution in [0.2, 0.25) is 0 Å². The van der Waals surface area contributed by atoms with Crippen molar-refractivity contribution in [2.75, 3.05) is 0 Å². The largest absolute Gasteiger partial charge is 0.132 e. The SMILES string of the molecule is Cc1ccc(C#Cc2ccc3cc4cc(C#Cc5ccc(C)s5)ccc4cc3c2)s1. The van der Waals surface area contributed by atoms with Crippen LogP contribution in [0.3, 0.4) is 0 Å². The summed E-state index contributed by atoms with van der Waals surface area (Å²) in [6.07, 6.45) is 0. The van der Waals surface area contributed by atoms with Crippen LogP contribution in [-0.4, -0.2) is 0 Å². The van der Waals surface area contributed by atoms with E-state index in [4.69, 9.17) is 0 Å². The molecule has 0 aliphatic heterocycles. The molecule has 5 rings (SSSR count). The average molecular weight is 419 g/mol. The third-order valence-electron chi connectivity index (χ3n) is 4.94. The quantitative estimate of drug-likeness (QED) is 0.180. The van der Waals surface area contributed by atoms with Crippen molar-refractivity contribution >= 4 is 44.2 Å². The van der Waals surface area contributed by atoms with Crippen molar-refractivity contribution in [3.8, 4) is 23.7 Å². The fourth-order valence-corrected chi connectivity index (χ4v) is 4.87. The highest BCUT2D eigenvalue weighted by Gasteiger charge is 2.01. The predicted molar refractivity (Wildman–Crippen MR) is 132 cm³/mol. The molecule has 5 aromatic rings. The molecule has 2 aromatic heterocycles. The lowest BCUT2D eigenvalue weighted by molar-refractivity contribution is 1.64. The third kappa shape index (κ3) is 4.03. The fraction of sp³-hybridized carbons (Fsp3) is 0.0714. The molecule has 2 heterocycles. The molecule has 0 spiro atoms. The number of rotatable bonds is 0. The van der Waals surface area contributed by atoms with E-state index in [2.05, 4.69) is 110 Å². The summed E-state index contributed by atoms with van der Waals surface area (Å²) in [4.78, 5) is 4.80. The van der Waals surface area contributed by atoms with Gasteiger partial charge in [0.1, 0.15) is 0 Å². The van der Waals surface area contributed by atoms with Crippen LogP contribution < -0.4 is 0 Å². The molecule has 3 aromatic carbocycles. The second-order valence-corrected chi connectivity index (χ2v) is 9.87. The Morgan fingerprint density at radius 3 is 1.33 bits per heavy atom. The van der Waals surface area contributed by atoms with E-state index in [0.717, 1.165) is 20.9 Å². The number of hydrogen-bond acceptors (Lipinski definition) is 2. The van der Waals surface area contributed by atoms with Gasteiger partial charge in [-0.25, -0.2) is 0 Å². The summed E-state index contributed by atoms with van der Waals surface area (Å²) >= 11 is 3.47. The van der Waals surface area contributed by atoms with Gasteiger partial charge in [0.05, 0.1) is 9.75 Å². The first-order valence-electron chi connectivity index (χ1n) is 9.77. The lowest BCUT2D eigenvalue weighted by Gasteiger charge is -2.04. The highest BCUT2D eigenvalue weighted by molar-refractivity contribution is 7.12. The predicted octanol–water partition coefficient (Wildman–Crippen LogP) is 7.53. The summed E-state index contributed by atoms with van der Waals surface area (Å²) in [5, 5.41) is 4.87. The van der Waals surface area contributed by atoms with Crippen molar-refractivity contribution in [3.05, 3.63) is 103 Å². The molecule has 0 radical (unpaired) electrons. The van der Waals surface area contributed by atoms with Crippen LogP contribution in [-0.2, 0) is 0 Å². The fourth-order valence-electron chi connectivity index (χ4n) is 3.42. The van der Waals surface area contributed by atoms with E-state index in [-0.39, 0.29) is 0 Å². The first-order chi connectivity index (χ1) is 14.6. The molecule has 0 unspecified atom stereocenters. The van der Waals surface area contributed by atoms with Crippen LogP contribution in [0.5, 0.6) is 0 Å². The third-order valence-corrected chi connectivity index (χ3v) is 6.77. The molecule has 30 heavy (non-hydrogen) atoms. The van der Waals surface area contributed by atoms with Crippen LogP contribution in [0.4, 0.5) is 0 Å². The van der Waals surface area contributed by atoms with Gasteiger partial charge in [0, 0.05) is 20.9 Å². The Morgan fingerprint density at radius 2 is 0.933 bits per heavy atom. The van der Waals surface area contributed by atoms with Gasteiger partial charge in [-0.3, -0.25) is 0 Å². The van der Waals surface area contributed by atoms with Gasteiger partial charge in [-0.15, -0.1) is 22.7 Å². The molecule has 0 amide bonds. The standard InChI is InChI=1S/C28H18S2/c1-19-3-11-27(29-19)13-7-21-5-9-23-18-26-16-22(6-10-24(26)17-25(23)15-21)8-14-28-12-4-20(2)30-28/h3-6,9-12,15-18H,1-2H3. The molecule has 142 valence electrons. The van der Waals surface area contributed by atoms with Crippen molar-refractivity contribution in [3.63, 3.8) is 0 Å². The van der Waals surface area contributed by atoms with E-state index in [9.17, 15) is 0 Å². The first kappa shape index (κ1) is 18.7. The van der Waals surface area contributed by atoms with Gasteiger partial charge in [0.25, 0.3) is 0 Å². The topological polar surface area (TPSA) is 0 Å². The molecule has 0 nitrogen and oxygen atoms in total. The number of fused-ring (bicyclic) bond motifs is 2. The number of aryl methyl sites for hydroxylation is 2. The van der Waals surface area contributed by atoms with Crippen LogP contribution in [0.1, 0.15) is 30.6 Å². The van der Waals surface area contributed by atoms with Gasteiger partial charge >= 0.3 is 0 Å². The van der Waals surface area contributed by atoms with Crippen LogP contribution in [0.15, 0.2) is 72.8 Å². The van der Waals surface area contributed by atoms with Crippen molar-refractivity contribution in [1.29, 1.82) is 0 Å². The maximum atomic E-state index is 3.30. The van der Waals surface area contributed by atoms with Crippen LogP contribution >= 0.6 is 22.7 Å². The summed E-state index contributed by atoms with van der Waals surface area (Å²) in [5.74, 6) is 13.1. The Hall–Kier alpha value is -3.30. The molecule has 0 aliphatic carbocycles. The Morgan fingerprint density at radius 1 is 0.467 bits per heavy atom. The molecular weight excluding hydrogens is 400 g/mol. The molecule has 0 fully saturated rings. The summed E-state index contributed by atoms with van der Waals surface area (Å²) in [6, 6.07) is 25.7. The van der Waals surface area contributed by atoms with Crippen molar-refractivity contribution < 1.29 is 0 Å². The van der Waals surface area contributed by atoms with Crippen LogP contribution in [0, 0.1) is 37.5 Å². The van der Waals surface area contributed by atoms with Gasteiger partial charge in [0.2, 0.25) is 0 Å². The molecule has 0 saturated carbocycles. The summed E-state index contributed by atoms with van der Waals surface area (Å²) in [7, 11) is 0. The summed E-state index contributed by atoms with van der Waals surface area (Å²) in [6.45, 7) is 4.22. The minimum absolute atomic E-state index is 1.04. The second kappa shape index (κ2) is 7.85. The van der Waals surface area contributed by atoms with Gasteiger partial charge < -0.3 is 0 Å². The van der Waals surface area contributed by atoms with Gasteiger partial charge in [0.15, 0.2) is 0 Å². The van der Waals surface area contributed by atoms with Crippen LogP contribution in [0.25, 0.3) is 21.5 Å². The van der Waals surface area contributed by atoms with Gasteiger partial charge in [-0.2, -0.15) is 0 Å². The van der Waals surface area contributed by atoms with E-state index in [1.165, 1.54) is 31.3 Å². The first-order valence-corrected chi connectivity index (χ1v) is 11.4. The lowest BCUT2D eigenvalue weighted by atomic mass is 10.0. The minimum atomic E-state index is 1.04. The molecule has 2 heteroatoms. The summed E-state index contributed by atoms with van der Waals surface area (Å²) < 4.78 is 0. The van der Waals surface area contributed by atoms with Gasteiger partial charge in [-0.05, 0) is 96.1 Å². The smallest absolute Gasteiger partial charge is 0.0775 e. The van der Waals surface area contributed by atoms with Gasteiger partial charge in [-0.1, -0.05) is 35.8 Å². The molecule has 0 bridgehead atoms. The molecule has 0 atom stereocenters. The van der Waals surface area contributed by atoms with Crippen molar-refractivity contribution in [2.24, 2.45) is 0 Å². The zero-order valence-electron chi connectivity index (χ0n) is 16.7. The number of benzene rings is 3. The Balaban J connectivity index is 1.48. The van der Waals surface area contributed by atoms with E-state index in [0.29, 0.717) is 0 Å². The average Bonchev–Trinajstić information content (AvgIpc) is 3.36. The normalized spacial score (nSPS) is 10.5. The highest BCUT2D eigenvalue weighted by Crippen LogP contribution is 2.25. The lowest BCUT2D eigenvalue weighted by Crippen LogP contribution is -1.81. The Bertz CT molecular complexity index is 1400. The molecular formula is C28H18S2. The number of thiophene rings is 2. The molecule has 0 saturated heterocycles. The molecule has 0 aliphatic rings. The van der Waals surface area contributed by atoms with E-state index in [1.807, 2.05) is 0 Å². The van der Waals surface area contributed by atoms with Crippen molar-refractivity contribution in [1.82, 2.24) is 0 Å². The second-order valence-electron chi connectivity index (χ2n) is 7.30. The monoisotopic (exact) mass is 418 g/mol.